The first-order chi connectivity index (χ1) is 12.8. The lowest BCUT2D eigenvalue weighted by Crippen LogP contribution is -2.12. The fraction of sp³-hybridized carbons (Fsp3) is 0.111. The van der Waals surface area contributed by atoms with Crippen LogP contribution >= 0.6 is 22.9 Å². The monoisotopic (exact) mass is 421 g/mol. The lowest BCUT2D eigenvalue weighted by molar-refractivity contribution is 0.103. The summed E-state index contributed by atoms with van der Waals surface area (Å²) in [6.45, 7) is 3.51. The summed E-state index contributed by atoms with van der Waals surface area (Å²) in [5, 5.41) is 3.42. The van der Waals surface area contributed by atoms with Crippen LogP contribution in [-0.4, -0.2) is 19.3 Å². The normalized spacial score (nSPS) is 11.2. The second kappa shape index (κ2) is 7.67. The number of aromatic nitrogens is 1. The van der Waals surface area contributed by atoms with Crippen molar-refractivity contribution in [2.45, 2.75) is 18.7 Å². The predicted molar refractivity (Wildman–Crippen MR) is 108 cm³/mol. The molecule has 0 spiro atoms. The van der Waals surface area contributed by atoms with E-state index in [1.807, 2.05) is 6.92 Å². The van der Waals surface area contributed by atoms with Gasteiger partial charge >= 0.3 is 0 Å². The first-order valence-corrected chi connectivity index (χ1v) is 10.6. The molecule has 1 amide bonds. The molecule has 0 aliphatic heterocycles. The van der Waals surface area contributed by atoms with Crippen LogP contribution in [0.5, 0.6) is 0 Å². The Hall–Kier alpha value is -2.42. The molecular weight excluding hydrogens is 406 g/mol. The average molecular weight is 422 g/mol. The number of rotatable bonds is 5. The summed E-state index contributed by atoms with van der Waals surface area (Å²) in [4.78, 5) is 17.1. The number of carbonyl (C=O) groups excluding carboxylic acids is 1. The number of hydrogen-bond acceptors (Lipinski definition) is 5. The van der Waals surface area contributed by atoms with Crippen LogP contribution < -0.4 is 10.0 Å². The number of sulfonamides is 1. The minimum atomic E-state index is -3.76. The number of benzene rings is 2. The van der Waals surface area contributed by atoms with Gasteiger partial charge in [0.2, 0.25) is 0 Å². The zero-order valence-electron chi connectivity index (χ0n) is 14.5. The van der Waals surface area contributed by atoms with Gasteiger partial charge in [-0.05, 0) is 43.7 Å². The highest BCUT2D eigenvalue weighted by Crippen LogP contribution is 2.27. The Balaban J connectivity index is 1.79. The first kappa shape index (κ1) is 19.3. The summed E-state index contributed by atoms with van der Waals surface area (Å²) in [6.07, 6.45) is 0. The molecular formula is C18H16ClN3O3S2. The second-order valence-electron chi connectivity index (χ2n) is 5.77. The molecule has 0 radical (unpaired) electrons. The van der Waals surface area contributed by atoms with Crippen molar-refractivity contribution in [3.05, 3.63) is 69.7 Å². The van der Waals surface area contributed by atoms with Crippen LogP contribution in [0.15, 0.2) is 53.4 Å². The minimum absolute atomic E-state index is 0.123. The van der Waals surface area contributed by atoms with Gasteiger partial charge in [0.15, 0.2) is 5.13 Å². The zero-order valence-corrected chi connectivity index (χ0v) is 16.9. The van der Waals surface area contributed by atoms with E-state index >= 15 is 0 Å². The molecule has 0 bridgehead atoms. The molecule has 3 aromatic rings. The Morgan fingerprint density at radius 1 is 1.11 bits per heavy atom. The van der Waals surface area contributed by atoms with Crippen molar-refractivity contribution in [2.24, 2.45) is 0 Å². The molecule has 27 heavy (non-hydrogen) atoms. The summed E-state index contributed by atoms with van der Waals surface area (Å²) in [5.74, 6) is -0.380. The third-order valence-electron chi connectivity index (χ3n) is 3.71. The zero-order chi connectivity index (χ0) is 19.6. The number of nitrogens with zero attached hydrogens (tertiary/aromatic N) is 1. The van der Waals surface area contributed by atoms with Crippen molar-refractivity contribution in [1.82, 2.24) is 4.98 Å². The molecule has 0 atom stereocenters. The molecule has 1 heterocycles. The number of thiazole rings is 1. The van der Waals surface area contributed by atoms with E-state index in [0.29, 0.717) is 21.3 Å². The number of anilines is 2. The largest absolute Gasteiger partial charge is 0.321 e. The Morgan fingerprint density at radius 3 is 2.48 bits per heavy atom. The Kier molecular flexibility index (Phi) is 5.50. The van der Waals surface area contributed by atoms with Crippen molar-refractivity contribution in [2.75, 3.05) is 10.0 Å². The fourth-order valence-electron chi connectivity index (χ4n) is 2.28. The molecule has 0 aliphatic carbocycles. The van der Waals surface area contributed by atoms with Crippen LogP contribution in [0.2, 0.25) is 5.02 Å². The maximum atomic E-state index is 12.5. The van der Waals surface area contributed by atoms with Gasteiger partial charge in [0, 0.05) is 10.7 Å². The topological polar surface area (TPSA) is 88.2 Å². The van der Waals surface area contributed by atoms with Crippen molar-refractivity contribution < 1.29 is 13.2 Å². The van der Waals surface area contributed by atoms with Crippen molar-refractivity contribution in [1.29, 1.82) is 0 Å². The van der Waals surface area contributed by atoms with Gasteiger partial charge in [-0.15, -0.1) is 0 Å². The Labute approximate surface area is 166 Å². The maximum Gasteiger partial charge on any atom is 0.267 e. The second-order valence-corrected chi connectivity index (χ2v) is 8.86. The van der Waals surface area contributed by atoms with E-state index in [9.17, 15) is 13.2 Å². The van der Waals surface area contributed by atoms with Crippen LogP contribution in [0.4, 0.5) is 10.8 Å². The third kappa shape index (κ3) is 4.47. The summed E-state index contributed by atoms with van der Waals surface area (Å²) in [7, 11) is -3.76. The van der Waals surface area contributed by atoms with E-state index in [1.54, 1.807) is 43.3 Å². The van der Waals surface area contributed by atoms with Gasteiger partial charge in [-0.2, -0.15) is 0 Å². The fourth-order valence-corrected chi connectivity index (χ4v) is 4.58. The molecule has 0 saturated carbocycles. The van der Waals surface area contributed by atoms with Crippen LogP contribution in [0.25, 0.3) is 0 Å². The molecule has 0 aliphatic rings. The van der Waals surface area contributed by atoms with Crippen molar-refractivity contribution >= 4 is 49.7 Å². The van der Waals surface area contributed by atoms with E-state index in [-0.39, 0.29) is 15.9 Å². The smallest absolute Gasteiger partial charge is 0.267 e. The summed E-state index contributed by atoms with van der Waals surface area (Å²) in [6, 6.07) is 13.2. The van der Waals surface area contributed by atoms with Gasteiger partial charge in [0.05, 0.1) is 10.6 Å². The van der Waals surface area contributed by atoms with Gasteiger partial charge in [0.1, 0.15) is 4.88 Å². The highest BCUT2D eigenvalue weighted by Gasteiger charge is 2.20. The molecule has 0 unspecified atom stereocenters. The Bertz CT molecular complexity index is 1100. The van der Waals surface area contributed by atoms with E-state index < -0.39 is 10.0 Å². The summed E-state index contributed by atoms with van der Waals surface area (Å²) in [5.41, 5.74) is 1.89. The molecule has 0 saturated heterocycles. The number of hydrogen-bond donors (Lipinski definition) is 2. The average Bonchev–Trinajstić information content (AvgIpc) is 2.98. The first-order valence-electron chi connectivity index (χ1n) is 7.89. The molecule has 3 rings (SSSR count). The van der Waals surface area contributed by atoms with Crippen molar-refractivity contribution in [3.63, 3.8) is 0 Å². The van der Waals surface area contributed by atoms with Crippen LogP contribution in [0, 0.1) is 13.8 Å². The number of nitrogens with one attached hydrogen (secondary N) is 2. The summed E-state index contributed by atoms with van der Waals surface area (Å²) >= 11 is 7.04. The van der Waals surface area contributed by atoms with Crippen LogP contribution in [-0.2, 0) is 10.0 Å². The third-order valence-corrected chi connectivity index (χ3v) is 6.67. The number of aryl methyl sites for hydroxylation is 2. The predicted octanol–water partition coefficient (Wildman–Crippen LogP) is 4.47. The minimum Gasteiger partial charge on any atom is -0.321 e. The molecule has 9 heteroatoms. The SMILES string of the molecule is Cc1ccc(NC(=O)c2sc(NS(=O)(=O)c3ccccc3)nc2C)cc1Cl. The van der Waals surface area contributed by atoms with Gasteiger partial charge < -0.3 is 5.32 Å². The van der Waals surface area contributed by atoms with Crippen LogP contribution in [0.1, 0.15) is 20.9 Å². The molecule has 140 valence electrons. The molecule has 0 fully saturated rings. The van der Waals surface area contributed by atoms with E-state index in [4.69, 9.17) is 11.6 Å². The van der Waals surface area contributed by atoms with Gasteiger partial charge in [-0.3, -0.25) is 9.52 Å². The highest BCUT2D eigenvalue weighted by atomic mass is 35.5. The molecule has 2 N–H and O–H groups in total. The lowest BCUT2D eigenvalue weighted by Gasteiger charge is -2.06. The number of carbonyl (C=O) groups is 1. The maximum absolute atomic E-state index is 12.5. The molecule has 6 nitrogen and oxygen atoms in total. The number of halogens is 1. The van der Waals surface area contributed by atoms with E-state index in [0.717, 1.165) is 16.9 Å². The van der Waals surface area contributed by atoms with Gasteiger partial charge in [-0.25, -0.2) is 13.4 Å². The van der Waals surface area contributed by atoms with Gasteiger partial charge in [-0.1, -0.05) is 47.2 Å². The molecule has 2 aromatic carbocycles. The van der Waals surface area contributed by atoms with E-state index in [2.05, 4.69) is 15.0 Å². The van der Waals surface area contributed by atoms with Crippen molar-refractivity contribution in [3.8, 4) is 0 Å². The molecule has 1 aromatic heterocycles. The summed E-state index contributed by atoms with van der Waals surface area (Å²) < 4.78 is 27.2. The van der Waals surface area contributed by atoms with Gasteiger partial charge in [0.25, 0.3) is 15.9 Å². The highest BCUT2D eigenvalue weighted by molar-refractivity contribution is 7.93. The van der Waals surface area contributed by atoms with E-state index in [1.165, 1.54) is 12.1 Å². The quantitative estimate of drug-likeness (QED) is 0.636. The standard InChI is InChI=1S/C18H16ClN3O3S2/c1-11-8-9-13(10-15(11)19)21-17(23)16-12(2)20-18(26-16)22-27(24,25)14-6-4-3-5-7-14/h3-10H,1-2H3,(H,20,22)(H,21,23). The number of amides is 1. The Morgan fingerprint density at radius 2 is 1.81 bits per heavy atom. The lowest BCUT2D eigenvalue weighted by atomic mass is 10.2. The van der Waals surface area contributed by atoms with Crippen LogP contribution in [0.3, 0.4) is 0 Å².